The molecule has 1 saturated heterocycles. The fourth-order valence-electron chi connectivity index (χ4n) is 5.01. The van der Waals surface area contributed by atoms with Crippen LogP contribution in [0.2, 0.25) is 0 Å². The Bertz CT molecular complexity index is 776. The number of nitrogens with zero attached hydrogens (tertiary/aromatic N) is 1. The first-order valence-corrected chi connectivity index (χ1v) is 8.65. The number of rotatable bonds is 2. The molecule has 1 atom stereocenters. The van der Waals surface area contributed by atoms with Crippen LogP contribution in [0.1, 0.15) is 36.8 Å². The van der Waals surface area contributed by atoms with Crippen molar-refractivity contribution in [2.24, 2.45) is 5.41 Å². The number of alkyl halides is 2. The number of hydrogen-bond acceptors (Lipinski definition) is 4. The van der Waals surface area contributed by atoms with E-state index in [1.54, 1.807) is 12.1 Å². The van der Waals surface area contributed by atoms with E-state index in [1.165, 1.54) is 13.1 Å². The second-order valence-electron chi connectivity index (χ2n) is 7.44. The standard InChI is InChI=1S/C18H20F2N2O4/c1-22-14(24)18(21-16(22)25)13-8-11(23)3-2-10(13)9-17(18)6-4-12(5-7-17)26-15(19)20/h2-3,8,12,15,23H,4-7,9H2,1H3,(H,21,25). The minimum atomic E-state index is -2.82. The van der Waals surface area contributed by atoms with E-state index in [0.29, 0.717) is 37.7 Å². The summed E-state index contributed by atoms with van der Waals surface area (Å²) in [4.78, 5) is 26.5. The van der Waals surface area contributed by atoms with Gasteiger partial charge in [0.2, 0.25) is 0 Å². The number of phenols is 1. The van der Waals surface area contributed by atoms with Gasteiger partial charge in [-0.1, -0.05) is 6.07 Å². The zero-order valence-electron chi connectivity index (χ0n) is 14.3. The number of nitrogens with one attached hydrogen (secondary N) is 1. The van der Waals surface area contributed by atoms with E-state index in [-0.39, 0.29) is 11.7 Å². The molecule has 4 rings (SSSR count). The van der Waals surface area contributed by atoms with Gasteiger partial charge in [0.25, 0.3) is 5.91 Å². The van der Waals surface area contributed by atoms with Crippen LogP contribution in [-0.4, -0.2) is 41.7 Å². The quantitative estimate of drug-likeness (QED) is 0.789. The third kappa shape index (κ3) is 2.17. The topological polar surface area (TPSA) is 78.9 Å². The number of carbonyl (C=O) groups is 2. The molecule has 2 fully saturated rings. The summed E-state index contributed by atoms with van der Waals surface area (Å²) in [6.45, 7) is -2.82. The van der Waals surface area contributed by atoms with E-state index in [0.717, 1.165) is 10.5 Å². The Hall–Kier alpha value is -2.22. The third-order valence-electron chi connectivity index (χ3n) is 6.23. The smallest absolute Gasteiger partial charge is 0.345 e. The van der Waals surface area contributed by atoms with Crippen LogP contribution in [0.25, 0.3) is 0 Å². The fraction of sp³-hybridized carbons (Fsp3) is 0.556. The molecule has 0 aromatic heterocycles. The molecule has 26 heavy (non-hydrogen) atoms. The van der Waals surface area contributed by atoms with Crippen molar-refractivity contribution in [3.63, 3.8) is 0 Å². The van der Waals surface area contributed by atoms with E-state index in [1.807, 2.05) is 0 Å². The number of ether oxygens (including phenoxy) is 1. The fourth-order valence-corrected chi connectivity index (χ4v) is 5.01. The van der Waals surface area contributed by atoms with Gasteiger partial charge in [-0.3, -0.25) is 9.69 Å². The Balaban J connectivity index is 1.77. The number of fused-ring (bicyclic) bond motifs is 3. The molecule has 1 heterocycles. The number of halogens is 2. The average molecular weight is 366 g/mol. The van der Waals surface area contributed by atoms with Gasteiger partial charge in [-0.05, 0) is 55.4 Å². The van der Waals surface area contributed by atoms with Gasteiger partial charge >= 0.3 is 12.6 Å². The zero-order chi connectivity index (χ0) is 18.7. The van der Waals surface area contributed by atoms with Crippen LogP contribution in [-0.2, 0) is 21.5 Å². The Labute approximate surface area is 149 Å². The van der Waals surface area contributed by atoms with Crippen molar-refractivity contribution in [3.8, 4) is 5.75 Å². The molecule has 1 aromatic rings. The predicted molar refractivity (Wildman–Crippen MR) is 86.6 cm³/mol. The van der Waals surface area contributed by atoms with Gasteiger partial charge in [0, 0.05) is 12.5 Å². The molecule has 1 unspecified atom stereocenters. The highest BCUT2D eigenvalue weighted by molar-refractivity contribution is 6.08. The second kappa shape index (κ2) is 5.64. The Morgan fingerprint density at radius 1 is 1.31 bits per heavy atom. The highest BCUT2D eigenvalue weighted by Gasteiger charge is 2.67. The minimum Gasteiger partial charge on any atom is -0.508 e. The molecule has 0 radical (unpaired) electrons. The maximum atomic E-state index is 13.2. The van der Waals surface area contributed by atoms with Crippen molar-refractivity contribution in [2.75, 3.05) is 7.05 Å². The minimum absolute atomic E-state index is 0.0199. The highest BCUT2D eigenvalue weighted by Crippen LogP contribution is 2.60. The van der Waals surface area contributed by atoms with Crippen LogP contribution in [0.4, 0.5) is 13.6 Å². The first-order valence-electron chi connectivity index (χ1n) is 8.65. The largest absolute Gasteiger partial charge is 0.508 e. The summed E-state index contributed by atoms with van der Waals surface area (Å²) in [5.41, 5.74) is -0.376. The molecule has 6 nitrogen and oxygen atoms in total. The number of phenolic OH excluding ortho intramolecular Hbond substituents is 1. The number of urea groups is 1. The summed E-state index contributed by atoms with van der Waals surface area (Å²) in [7, 11) is 1.42. The van der Waals surface area contributed by atoms with E-state index in [4.69, 9.17) is 0 Å². The lowest BCUT2D eigenvalue weighted by Crippen LogP contribution is -2.56. The molecule has 2 spiro atoms. The van der Waals surface area contributed by atoms with Crippen LogP contribution >= 0.6 is 0 Å². The second-order valence-corrected chi connectivity index (χ2v) is 7.44. The maximum Gasteiger partial charge on any atom is 0.345 e. The number of likely N-dealkylation sites (N-methyl/N-ethyl adjacent to an activating group) is 1. The summed E-state index contributed by atoms with van der Waals surface area (Å²) in [5, 5.41) is 12.8. The van der Waals surface area contributed by atoms with Crippen molar-refractivity contribution < 1.29 is 28.2 Å². The number of amides is 3. The van der Waals surface area contributed by atoms with Gasteiger partial charge in [-0.2, -0.15) is 8.78 Å². The molecule has 140 valence electrons. The summed E-state index contributed by atoms with van der Waals surface area (Å²) < 4.78 is 29.7. The molecule has 8 heteroatoms. The SMILES string of the molecule is CN1C(=O)NC2(C1=O)c1cc(O)ccc1CC21CCC(OC(F)F)CC1. The van der Waals surface area contributed by atoms with E-state index in [9.17, 15) is 23.5 Å². The van der Waals surface area contributed by atoms with Crippen LogP contribution in [0.5, 0.6) is 5.75 Å². The molecule has 1 saturated carbocycles. The number of hydrogen-bond donors (Lipinski definition) is 2. The molecule has 3 amide bonds. The third-order valence-corrected chi connectivity index (χ3v) is 6.23. The first kappa shape index (κ1) is 17.2. The monoisotopic (exact) mass is 366 g/mol. The predicted octanol–water partition coefficient (Wildman–Crippen LogP) is 2.49. The summed E-state index contributed by atoms with van der Waals surface area (Å²) >= 11 is 0. The van der Waals surface area contributed by atoms with Gasteiger partial charge in [0.1, 0.15) is 5.75 Å². The van der Waals surface area contributed by atoms with E-state index in [2.05, 4.69) is 10.1 Å². The van der Waals surface area contributed by atoms with Gasteiger partial charge in [0.15, 0.2) is 5.54 Å². The summed E-state index contributed by atoms with van der Waals surface area (Å²) in [6.07, 6.45) is 1.71. The van der Waals surface area contributed by atoms with Gasteiger partial charge in [0.05, 0.1) is 6.10 Å². The maximum absolute atomic E-state index is 13.2. The van der Waals surface area contributed by atoms with Crippen LogP contribution in [0, 0.1) is 5.41 Å². The van der Waals surface area contributed by atoms with E-state index >= 15 is 0 Å². The summed E-state index contributed by atoms with van der Waals surface area (Å²) in [5.74, 6) is -0.341. The lowest BCUT2D eigenvalue weighted by Gasteiger charge is -2.46. The Morgan fingerprint density at radius 3 is 2.58 bits per heavy atom. The number of imide groups is 1. The highest BCUT2D eigenvalue weighted by atomic mass is 19.3. The molecule has 1 aromatic carbocycles. The molecular weight excluding hydrogens is 346 g/mol. The lowest BCUT2D eigenvalue weighted by atomic mass is 9.61. The van der Waals surface area contributed by atoms with Crippen LogP contribution in [0.3, 0.4) is 0 Å². The Morgan fingerprint density at radius 2 is 2.00 bits per heavy atom. The molecule has 0 bridgehead atoms. The van der Waals surface area contributed by atoms with Crippen molar-refractivity contribution in [3.05, 3.63) is 29.3 Å². The number of carbonyl (C=O) groups excluding carboxylic acids is 2. The van der Waals surface area contributed by atoms with Crippen molar-refractivity contribution >= 4 is 11.9 Å². The van der Waals surface area contributed by atoms with E-state index < -0.39 is 29.7 Å². The molecular formula is C18H20F2N2O4. The first-order chi connectivity index (χ1) is 12.3. The molecule has 2 N–H and O–H groups in total. The number of benzene rings is 1. The molecule has 3 aliphatic rings. The van der Waals surface area contributed by atoms with Gasteiger partial charge in [-0.25, -0.2) is 4.79 Å². The summed E-state index contributed by atoms with van der Waals surface area (Å²) in [6, 6.07) is 4.36. The van der Waals surface area contributed by atoms with Crippen molar-refractivity contribution in [1.82, 2.24) is 10.2 Å². The van der Waals surface area contributed by atoms with Crippen LogP contribution < -0.4 is 5.32 Å². The average Bonchev–Trinajstić information content (AvgIpc) is 2.98. The van der Waals surface area contributed by atoms with Gasteiger partial charge < -0.3 is 15.2 Å². The van der Waals surface area contributed by atoms with Crippen molar-refractivity contribution in [2.45, 2.75) is 50.4 Å². The van der Waals surface area contributed by atoms with Crippen LogP contribution in [0.15, 0.2) is 18.2 Å². The zero-order valence-corrected chi connectivity index (χ0v) is 14.3. The Kier molecular flexibility index (Phi) is 3.73. The number of aromatic hydroxyl groups is 1. The van der Waals surface area contributed by atoms with Gasteiger partial charge in [-0.15, -0.1) is 0 Å². The van der Waals surface area contributed by atoms with Crippen molar-refractivity contribution in [1.29, 1.82) is 0 Å². The molecule has 2 aliphatic carbocycles. The lowest BCUT2D eigenvalue weighted by molar-refractivity contribution is -0.179. The normalized spacial score (nSPS) is 33.4. The molecule has 1 aliphatic heterocycles.